The van der Waals surface area contributed by atoms with E-state index in [4.69, 9.17) is 11.6 Å². The number of benzene rings is 2. The van der Waals surface area contributed by atoms with Gasteiger partial charge in [-0.2, -0.15) is 4.31 Å². The fraction of sp³-hybridized carbons (Fsp3) is 0.381. The van der Waals surface area contributed by atoms with Gasteiger partial charge in [0.05, 0.1) is 11.1 Å². The fourth-order valence-corrected chi connectivity index (χ4v) is 5.32. The van der Waals surface area contributed by atoms with Crippen LogP contribution >= 0.6 is 11.6 Å². The number of anilines is 1. The number of hydrogen-bond donors (Lipinski definition) is 2. The first-order valence-electron chi connectivity index (χ1n) is 9.84. The fourth-order valence-electron chi connectivity index (χ4n) is 3.51. The Hall–Kier alpha value is -2.07. The van der Waals surface area contributed by atoms with E-state index in [1.54, 1.807) is 6.92 Å². The lowest BCUT2D eigenvalue weighted by molar-refractivity contribution is 0.102. The molecule has 0 radical (unpaired) electrons. The van der Waals surface area contributed by atoms with E-state index in [0.717, 1.165) is 35.0 Å². The van der Waals surface area contributed by atoms with E-state index in [0.29, 0.717) is 12.8 Å². The van der Waals surface area contributed by atoms with Crippen molar-refractivity contribution < 1.29 is 27.1 Å². The van der Waals surface area contributed by atoms with Crippen molar-refractivity contribution in [1.82, 2.24) is 4.31 Å². The van der Waals surface area contributed by atoms with E-state index < -0.39 is 38.6 Å². The van der Waals surface area contributed by atoms with Crippen LogP contribution < -0.4 is 5.32 Å². The molecular formula is C21H23ClF2N2O4S. The summed E-state index contributed by atoms with van der Waals surface area (Å²) in [7, 11) is -4.23. The molecule has 1 saturated heterocycles. The van der Waals surface area contributed by atoms with Crippen LogP contribution in [0.1, 0.15) is 36.5 Å². The normalized spacial score (nSPS) is 18.9. The lowest BCUT2D eigenvalue weighted by Gasteiger charge is -2.25. The number of carbonyl (C=O) groups is 1. The predicted molar refractivity (Wildman–Crippen MR) is 114 cm³/mol. The van der Waals surface area contributed by atoms with Gasteiger partial charge in [0.1, 0.15) is 16.5 Å². The molecule has 1 heterocycles. The molecule has 2 N–H and O–H groups in total. The van der Waals surface area contributed by atoms with E-state index >= 15 is 0 Å². The molecule has 0 spiro atoms. The van der Waals surface area contributed by atoms with Gasteiger partial charge in [0.2, 0.25) is 10.0 Å². The van der Waals surface area contributed by atoms with Crippen LogP contribution in [0.2, 0.25) is 5.02 Å². The van der Waals surface area contributed by atoms with Crippen molar-refractivity contribution >= 4 is 33.2 Å². The Morgan fingerprint density at radius 2 is 1.90 bits per heavy atom. The number of halogens is 3. The number of amides is 1. The van der Waals surface area contributed by atoms with Gasteiger partial charge < -0.3 is 10.4 Å². The quantitative estimate of drug-likeness (QED) is 0.687. The van der Waals surface area contributed by atoms with Crippen LogP contribution in [-0.4, -0.2) is 42.9 Å². The Bertz CT molecular complexity index is 1080. The summed E-state index contributed by atoms with van der Waals surface area (Å²) in [6, 6.07) is 6.65. The first-order valence-corrected chi connectivity index (χ1v) is 11.7. The van der Waals surface area contributed by atoms with E-state index in [1.807, 2.05) is 0 Å². The lowest BCUT2D eigenvalue weighted by Crippen LogP contribution is -2.37. The number of aliphatic hydroxyl groups excluding tert-OH is 1. The molecule has 10 heteroatoms. The van der Waals surface area contributed by atoms with Gasteiger partial charge in [-0.15, -0.1) is 0 Å². The van der Waals surface area contributed by atoms with Gasteiger partial charge in [-0.05, 0) is 62.1 Å². The maximum Gasteiger partial charge on any atom is 0.255 e. The van der Waals surface area contributed by atoms with Crippen LogP contribution in [0.15, 0.2) is 41.3 Å². The van der Waals surface area contributed by atoms with Crippen LogP contribution in [0.3, 0.4) is 0 Å². The summed E-state index contributed by atoms with van der Waals surface area (Å²) in [5, 5.41) is 12.2. The van der Waals surface area contributed by atoms with Crippen LogP contribution in [-0.2, 0) is 10.0 Å². The van der Waals surface area contributed by atoms with Crippen LogP contribution in [0, 0.1) is 17.6 Å². The Morgan fingerprint density at radius 1 is 1.19 bits per heavy atom. The zero-order valence-electron chi connectivity index (χ0n) is 16.8. The lowest BCUT2D eigenvalue weighted by atomic mass is 9.98. The number of nitrogens with zero attached hydrogens (tertiary/aromatic N) is 1. The number of sulfonamides is 1. The third kappa shape index (κ3) is 5.41. The Labute approximate surface area is 184 Å². The average molecular weight is 473 g/mol. The highest BCUT2D eigenvalue weighted by Crippen LogP contribution is 2.27. The molecule has 31 heavy (non-hydrogen) atoms. The third-order valence-corrected chi connectivity index (χ3v) is 7.51. The number of aliphatic hydroxyl groups is 1. The number of rotatable bonds is 5. The molecule has 0 bridgehead atoms. The van der Waals surface area contributed by atoms with Crippen molar-refractivity contribution in [1.29, 1.82) is 0 Å². The van der Waals surface area contributed by atoms with Gasteiger partial charge in [0.25, 0.3) is 5.91 Å². The molecule has 2 unspecified atom stereocenters. The first kappa shape index (κ1) is 23.6. The van der Waals surface area contributed by atoms with Crippen molar-refractivity contribution in [2.24, 2.45) is 5.92 Å². The molecule has 168 valence electrons. The molecule has 3 rings (SSSR count). The summed E-state index contributed by atoms with van der Waals surface area (Å²) < 4.78 is 55.3. The van der Waals surface area contributed by atoms with Gasteiger partial charge in [-0.3, -0.25) is 4.79 Å². The minimum atomic E-state index is -4.23. The Kier molecular flexibility index (Phi) is 7.31. The summed E-state index contributed by atoms with van der Waals surface area (Å²) in [6.45, 7) is 1.88. The summed E-state index contributed by atoms with van der Waals surface area (Å²) in [6.07, 6.45) is 1.33. The predicted octanol–water partition coefficient (Wildman–Crippen LogP) is 4.04. The van der Waals surface area contributed by atoms with E-state index in [-0.39, 0.29) is 35.3 Å². The maximum atomic E-state index is 14.5. The second-order valence-corrected chi connectivity index (χ2v) is 9.90. The zero-order chi connectivity index (χ0) is 22.8. The smallest absolute Gasteiger partial charge is 0.255 e. The molecule has 0 aliphatic carbocycles. The van der Waals surface area contributed by atoms with Gasteiger partial charge in [-0.25, -0.2) is 17.2 Å². The molecule has 0 saturated carbocycles. The van der Waals surface area contributed by atoms with Crippen LogP contribution in [0.5, 0.6) is 0 Å². The highest BCUT2D eigenvalue weighted by molar-refractivity contribution is 7.89. The molecular weight excluding hydrogens is 450 g/mol. The van der Waals surface area contributed by atoms with Crippen molar-refractivity contribution in [2.75, 3.05) is 18.4 Å². The molecule has 6 nitrogen and oxygen atoms in total. The standard InChI is InChI=1S/C21H23ClF2N2O4S/c1-13(27)15-4-2-3-9-26(12-15)31(29,30)20-10-14(5-7-19(20)24)21(28)25-16-6-8-18(23)17(22)11-16/h5-8,10-11,13,15,27H,2-4,9,12H2,1H3,(H,25,28). The topological polar surface area (TPSA) is 86.7 Å². The van der Waals surface area contributed by atoms with Crippen molar-refractivity contribution in [3.05, 3.63) is 58.6 Å². The molecule has 0 aromatic heterocycles. The SMILES string of the molecule is CC(O)C1CCCCN(S(=O)(=O)c2cc(C(=O)Nc3ccc(F)c(Cl)c3)ccc2F)C1. The van der Waals surface area contributed by atoms with Crippen LogP contribution in [0.4, 0.5) is 14.5 Å². The highest BCUT2D eigenvalue weighted by Gasteiger charge is 2.33. The second kappa shape index (κ2) is 9.60. The largest absolute Gasteiger partial charge is 0.393 e. The van der Waals surface area contributed by atoms with E-state index in [1.165, 1.54) is 12.1 Å². The van der Waals surface area contributed by atoms with Gasteiger partial charge in [-0.1, -0.05) is 18.0 Å². The molecule has 1 aliphatic heterocycles. The molecule has 1 amide bonds. The van der Waals surface area contributed by atoms with Gasteiger partial charge >= 0.3 is 0 Å². The summed E-state index contributed by atoms with van der Waals surface area (Å²) >= 11 is 5.70. The monoisotopic (exact) mass is 472 g/mol. The molecule has 2 atom stereocenters. The Morgan fingerprint density at radius 3 is 2.58 bits per heavy atom. The van der Waals surface area contributed by atoms with E-state index in [2.05, 4.69) is 5.32 Å². The minimum Gasteiger partial charge on any atom is -0.393 e. The van der Waals surface area contributed by atoms with E-state index in [9.17, 15) is 27.1 Å². The molecule has 2 aromatic carbocycles. The average Bonchev–Trinajstić information content (AvgIpc) is 2.98. The number of carbonyl (C=O) groups excluding carboxylic acids is 1. The van der Waals surface area contributed by atoms with Crippen molar-refractivity contribution in [3.8, 4) is 0 Å². The van der Waals surface area contributed by atoms with Crippen molar-refractivity contribution in [3.63, 3.8) is 0 Å². The van der Waals surface area contributed by atoms with Gasteiger partial charge in [0.15, 0.2) is 0 Å². The Balaban J connectivity index is 1.88. The highest BCUT2D eigenvalue weighted by atomic mass is 35.5. The second-order valence-electron chi connectivity index (χ2n) is 7.59. The summed E-state index contributed by atoms with van der Waals surface area (Å²) in [5.41, 5.74) is 0.125. The van der Waals surface area contributed by atoms with Crippen LogP contribution in [0.25, 0.3) is 0 Å². The number of nitrogens with one attached hydrogen (secondary N) is 1. The first-order chi connectivity index (χ1) is 14.6. The maximum absolute atomic E-state index is 14.5. The summed E-state index contributed by atoms with van der Waals surface area (Å²) in [5.74, 6) is -2.58. The van der Waals surface area contributed by atoms with Crippen molar-refractivity contribution in [2.45, 2.75) is 37.2 Å². The van der Waals surface area contributed by atoms with Gasteiger partial charge in [0, 0.05) is 24.3 Å². The number of hydrogen-bond acceptors (Lipinski definition) is 4. The summed E-state index contributed by atoms with van der Waals surface area (Å²) in [4.78, 5) is 12.0. The molecule has 2 aromatic rings. The minimum absolute atomic E-state index is 0.0734. The molecule has 1 aliphatic rings. The third-order valence-electron chi connectivity index (χ3n) is 5.34. The zero-order valence-corrected chi connectivity index (χ0v) is 18.4. The molecule has 1 fully saturated rings.